The molecule has 2 saturated carbocycles. The Morgan fingerprint density at radius 2 is 1.96 bits per heavy atom. The first-order chi connectivity index (χ1) is 12.4. The van der Waals surface area contributed by atoms with Crippen molar-refractivity contribution in [2.45, 2.75) is 78.0 Å². The van der Waals surface area contributed by atoms with Crippen LogP contribution in [0.5, 0.6) is 0 Å². The largest absolute Gasteiger partial charge is 0.461 e. The van der Waals surface area contributed by atoms with E-state index in [1.807, 2.05) is 0 Å². The van der Waals surface area contributed by atoms with E-state index in [0.29, 0.717) is 12.0 Å². The van der Waals surface area contributed by atoms with Gasteiger partial charge in [0.1, 0.15) is 12.1 Å². The molecular weight excluding hydrogens is 322 g/mol. The second-order valence-corrected chi connectivity index (χ2v) is 9.41. The van der Waals surface area contributed by atoms with E-state index in [1.165, 1.54) is 18.4 Å². The van der Waals surface area contributed by atoms with Crippen molar-refractivity contribution in [1.29, 1.82) is 0 Å². The van der Waals surface area contributed by atoms with Gasteiger partial charge in [-0.25, -0.2) is 0 Å². The van der Waals surface area contributed by atoms with Gasteiger partial charge in [0, 0.05) is 18.0 Å². The van der Waals surface area contributed by atoms with E-state index >= 15 is 0 Å². The van der Waals surface area contributed by atoms with Crippen LogP contribution in [0.4, 0.5) is 0 Å². The van der Waals surface area contributed by atoms with Crippen LogP contribution in [0.1, 0.15) is 71.4 Å². The maximum atomic E-state index is 13.0. The van der Waals surface area contributed by atoms with E-state index in [-0.39, 0.29) is 28.9 Å². The average molecular weight is 356 g/mol. The van der Waals surface area contributed by atoms with Gasteiger partial charge in [0.2, 0.25) is 0 Å². The van der Waals surface area contributed by atoms with Gasteiger partial charge in [0.05, 0.1) is 0 Å². The maximum absolute atomic E-state index is 13.0. The molecule has 1 aromatic rings. The first kappa shape index (κ1) is 18.0. The normalized spacial score (nSPS) is 36.5. The van der Waals surface area contributed by atoms with Gasteiger partial charge in [0.25, 0.3) is 0 Å². The minimum absolute atomic E-state index is 0.0141. The smallest absolute Gasteiger partial charge is 0.323 e. The van der Waals surface area contributed by atoms with Gasteiger partial charge in [0.15, 0.2) is 0 Å². The lowest BCUT2D eigenvalue weighted by Crippen LogP contribution is -2.55. The van der Waals surface area contributed by atoms with Crippen LogP contribution < -0.4 is 0 Å². The van der Waals surface area contributed by atoms with Gasteiger partial charge in [-0.2, -0.15) is 0 Å². The Balaban J connectivity index is 1.45. The zero-order valence-electron chi connectivity index (χ0n) is 16.7. The second-order valence-electron chi connectivity index (χ2n) is 9.41. The Morgan fingerprint density at radius 1 is 1.23 bits per heavy atom. The molecule has 2 bridgehead atoms. The Hall–Kier alpha value is -1.35. The predicted octanol–water partition coefficient (Wildman–Crippen LogP) is 4.97. The van der Waals surface area contributed by atoms with Crippen molar-refractivity contribution in [2.75, 3.05) is 6.54 Å². The summed E-state index contributed by atoms with van der Waals surface area (Å²) in [4.78, 5) is 15.4. The number of carbonyl (C=O) groups excluding carboxylic acids is 1. The number of hydrogen-bond donors (Lipinski definition) is 0. The van der Waals surface area contributed by atoms with Gasteiger partial charge in [-0.3, -0.25) is 9.69 Å². The highest BCUT2D eigenvalue weighted by Gasteiger charge is 2.63. The van der Waals surface area contributed by atoms with Crippen LogP contribution in [0.2, 0.25) is 0 Å². The number of carbonyl (C=O) groups is 1. The molecule has 1 saturated heterocycles. The molecule has 0 aromatic heterocycles. The van der Waals surface area contributed by atoms with Crippen LogP contribution >= 0.6 is 0 Å². The maximum Gasteiger partial charge on any atom is 0.323 e. The van der Waals surface area contributed by atoms with Crippen LogP contribution in [-0.4, -0.2) is 29.6 Å². The Labute approximate surface area is 158 Å². The van der Waals surface area contributed by atoms with Crippen LogP contribution in [-0.2, 0) is 9.53 Å². The molecule has 142 valence electrons. The summed E-state index contributed by atoms with van der Waals surface area (Å²) in [5.41, 5.74) is 1.74. The fourth-order valence-electron chi connectivity index (χ4n) is 5.90. The number of esters is 1. The Kier molecular flexibility index (Phi) is 4.42. The third-order valence-corrected chi connectivity index (χ3v) is 8.28. The van der Waals surface area contributed by atoms with Crippen LogP contribution in [0.3, 0.4) is 0 Å². The molecule has 1 aromatic carbocycles. The number of likely N-dealkylation sites (tertiary alicyclic amines) is 1. The quantitative estimate of drug-likeness (QED) is 0.698. The van der Waals surface area contributed by atoms with Crippen LogP contribution in [0, 0.1) is 16.7 Å². The van der Waals surface area contributed by atoms with Crippen molar-refractivity contribution in [3.63, 3.8) is 0 Å². The lowest BCUT2D eigenvalue weighted by Gasteiger charge is -2.46. The third-order valence-electron chi connectivity index (χ3n) is 8.28. The molecule has 5 atom stereocenters. The molecule has 0 N–H and O–H groups in total. The van der Waals surface area contributed by atoms with Crippen LogP contribution in [0.15, 0.2) is 30.3 Å². The zero-order chi connectivity index (χ0) is 18.5. The summed E-state index contributed by atoms with van der Waals surface area (Å²) in [5.74, 6) is 0.718. The highest BCUT2D eigenvalue weighted by molar-refractivity contribution is 5.77. The van der Waals surface area contributed by atoms with Crippen molar-refractivity contribution in [1.82, 2.24) is 4.90 Å². The molecule has 26 heavy (non-hydrogen) atoms. The molecule has 0 radical (unpaired) electrons. The topological polar surface area (TPSA) is 29.5 Å². The van der Waals surface area contributed by atoms with E-state index in [2.05, 4.69) is 62.9 Å². The molecule has 3 heteroatoms. The van der Waals surface area contributed by atoms with E-state index in [1.54, 1.807) is 0 Å². The van der Waals surface area contributed by atoms with Gasteiger partial charge in [-0.15, -0.1) is 0 Å². The molecule has 1 aliphatic heterocycles. The van der Waals surface area contributed by atoms with E-state index in [4.69, 9.17) is 4.74 Å². The van der Waals surface area contributed by atoms with Crippen LogP contribution in [0.25, 0.3) is 0 Å². The fourth-order valence-corrected chi connectivity index (χ4v) is 5.90. The molecule has 0 spiro atoms. The van der Waals surface area contributed by atoms with Crippen molar-refractivity contribution in [3.05, 3.63) is 35.9 Å². The summed E-state index contributed by atoms with van der Waals surface area (Å²) >= 11 is 0. The number of fused-ring (bicyclic) bond motifs is 2. The van der Waals surface area contributed by atoms with Crippen molar-refractivity contribution >= 4 is 5.97 Å². The Morgan fingerprint density at radius 3 is 2.46 bits per heavy atom. The highest BCUT2D eigenvalue weighted by Crippen LogP contribution is 2.66. The molecule has 3 nitrogen and oxygen atoms in total. The molecule has 0 amide bonds. The summed E-state index contributed by atoms with van der Waals surface area (Å²) in [5, 5.41) is 0. The monoisotopic (exact) mass is 355 g/mol. The molecule has 4 rings (SSSR count). The third kappa shape index (κ3) is 2.54. The minimum atomic E-state index is -0.0639. The van der Waals surface area contributed by atoms with E-state index < -0.39 is 0 Å². The summed E-state index contributed by atoms with van der Waals surface area (Å²) < 4.78 is 6.17. The number of benzene rings is 1. The van der Waals surface area contributed by atoms with Crippen molar-refractivity contribution in [3.8, 4) is 0 Å². The number of hydrogen-bond acceptors (Lipinski definition) is 3. The lowest BCUT2D eigenvalue weighted by molar-refractivity contribution is -0.170. The summed E-state index contributed by atoms with van der Waals surface area (Å²) in [6, 6.07) is 10.8. The first-order valence-electron chi connectivity index (χ1n) is 10.4. The van der Waals surface area contributed by atoms with E-state index in [0.717, 1.165) is 25.8 Å². The molecular formula is C23H33NO2. The number of nitrogens with zero attached hydrogens (tertiary/aromatic N) is 1. The van der Waals surface area contributed by atoms with E-state index in [9.17, 15) is 4.79 Å². The van der Waals surface area contributed by atoms with Gasteiger partial charge >= 0.3 is 5.97 Å². The number of rotatable bonds is 5. The van der Waals surface area contributed by atoms with Gasteiger partial charge < -0.3 is 4.74 Å². The molecule has 3 fully saturated rings. The van der Waals surface area contributed by atoms with Gasteiger partial charge in [-0.1, -0.05) is 58.0 Å². The molecule has 5 unspecified atom stereocenters. The zero-order valence-corrected chi connectivity index (χ0v) is 16.7. The van der Waals surface area contributed by atoms with Crippen molar-refractivity contribution in [2.24, 2.45) is 16.7 Å². The summed E-state index contributed by atoms with van der Waals surface area (Å²) in [6.07, 6.45) is 5.58. The fraction of sp³-hybridized carbons (Fsp3) is 0.696. The van der Waals surface area contributed by atoms with Gasteiger partial charge in [-0.05, 0) is 49.0 Å². The SMILES string of the molecule is CCC(c1ccccc1)N1CCC1C(=O)OC1CC2CCC1(C)C2(C)C. The first-order valence-corrected chi connectivity index (χ1v) is 10.4. The average Bonchev–Trinajstić information content (AvgIpc) is 2.92. The molecule has 2 aliphatic carbocycles. The number of ether oxygens (including phenoxy) is 1. The van der Waals surface area contributed by atoms with Crippen molar-refractivity contribution < 1.29 is 9.53 Å². The second kappa shape index (κ2) is 6.37. The lowest BCUT2D eigenvalue weighted by atomic mass is 9.70. The predicted molar refractivity (Wildman–Crippen MR) is 104 cm³/mol. The summed E-state index contributed by atoms with van der Waals surface area (Å²) in [7, 11) is 0. The minimum Gasteiger partial charge on any atom is -0.461 e. The molecule has 3 aliphatic rings. The summed E-state index contributed by atoms with van der Waals surface area (Å²) in [6.45, 7) is 10.3. The molecule has 1 heterocycles. The Bertz CT molecular complexity index is 670. The standard InChI is InChI=1S/C23H33NO2/c1-5-18(16-9-7-6-8-10-16)24-14-12-19(24)21(25)26-20-15-17-11-13-23(20,4)22(17,2)3/h6-10,17-20H,5,11-15H2,1-4H3. The highest BCUT2D eigenvalue weighted by atomic mass is 16.5.